The highest BCUT2D eigenvalue weighted by Crippen LogP contribution is 2.43. The molecule has 2 aromatic rings. The highest BCUT2D eigenvalue weighted by Gasteiger charge is 2.72. The highest BCUT2D eigenvalue weighted by molar-refractivity contribution is 5.80. The zero-order chi connectivity index (χ0) is 20.3. The summed E-state index contributed by atoms with van der Waals surface area (Å²) in [7, 11) is 0. The molecule has 0 saturated carbocycles. The third-order valence-corrected chi connectivity index (χ3v) is 3.62. The number of alkyl halides is 6. The first kappa shape index (κ1) is 20.5. The van der Waals surface area contributed by atoms with Gasteiger partial charge in [-0.25, -0.2) is 4.98 Å². The van der Waals surface area contributed by atoms with Crippen LogP contribution in [0.25, 0.3) is 0 Å². The predicted octanol–water partition coefficient (Wildman–Crippen LogP) is 3.98. The van der Waals surface area contributed by atoms with Crippen molar-refractivity contribution in [3.05, 3.63) is 59.8 Å². The fraction of sp³-hybridized carbons (Fsp3) is 0.294. The van der Waals surface area contributed by atoms with Crippen LogP contribution in [0.15, 0.2) is 48.7 Å². The minimum Gasteiger partial charge on any atom is -0.332 e. The number of pyridine rings is 1. The number of amides is 1. The van der Waals surface area contributed by atoms with E-state index in [1.165, 1.54) is 42.6 Å². The van der Waals surface area contributed by atoms with Crippen molar-refractivity contribution in [1.82, 2.24) is 10.3 Å². The number of anilines is 1. The Hall–Kier alpha value is -2.78. The van der Waals surface area contributed by atoms with E-state index in [4.69, 9.17) is 0 Å². The van der Waals surface area contributed by atoms with Gasteiger partial charge in [-0.15, -0.1) is 0 Å². The Morgan fingerprint density at radius 1 is 1.00 bits per heavy atom. The number of carbonyl (C=O) groups excluding carboxylic acids is 1. The van der Waals surface area contributed by atoms with Crippen LogP contribution in [0.4, 0.5) is 32.2 Å². The van der Waals surface area contributed by atoms with Crippen LogP contribution in [0, 0.1) is 6.92 Å². The van der Waals surface area contributed by atoms with Gasteiger partial charge in [0.25, 0.3) is 0 Å². The molecule has 10 heteroatoms. The number of benzene rings is 1. The van der Waals surface area contributed by atoms with Crippen molar-refractivity contribution in [3.8, 4) is 0 Å². The largest absolute Gasteiger partial charge is 0.439 e. The Bertz CT molecular complexity index is 775. The van der Waals surface area contributed by atoms with E-state index in [9.17, 15) is 31.1 Å². The fourth-order valence-corrected chi connectivity index (χ4v) is 2.31. The minimum absolute atomic E-state index is 0.266. The smallest absolute Gasteiger partial charge is 0.332 e. The summed E-state index contributed by atoms with van der Waals surface area (Å²) in [5.41, 5.74) is -4.03. The molecule has 4 nitrogen and oxygen atoms in total. The first-order valence-corrected chi connectivity index (χ1v) is 7.64. The van der Waals surface area contributed by atoms with Crippen LogP contribution in [0.2, 0.25) is 0 Å². The summed E-state index contributed by atoms with van der Waals surface area (Å²) < 4.78 is 81.2. The van der Waals surface area contributed by atoms with Gasteiger partial charge >= 0.3 is 18.0 Å². The summed E-state index contributed by atoms with van der Waals surface area (Å²) in [5.74, 6) is -2.12. The molecule has 0 bridgehead atoms. The number of nitrogens with one attached hydrogen (secondary N) is 2. The van der Waals surface area contributed by atoms with Crippen molar-refractivity contribution in [2.45, 2.75) is 31.4 Å². The molecule has 1 aromatic heterocycles. The number of rotatable bonds is 5. The lowest BCUT2D eigenvalue weighted by molar-refractivity contribution is -0.296. The van der Waals surface area contributed by atoms with Crippen molar-refractivity contribution < 1.29 is 31.1 Å². The lowest BCUT2D eigenvalue weighted by Crippen LogP contribution is -2.72. The van der Waals surface area contributed by atoms with Crippen LogP contribution in [-0.2, 0) is 11.2 Å². The number of halogens is 6. The summed E-state index contributed by atoms with van der Waals surface area (Å²) in [6.07, 6.45) is -11.4. The van der Waals surface area contributed by atoms with Crippen molar-refractivity contribution in [3.63, 3.8) is 0 Å². The van der Waals surface area contributed by atoms with Crippen LogP contribution >= 0.6 is 0 Å². The van der Waals surface area contributed by atoms with Crippen molar-refractivity contribution >= 4 is 11.7 Å². The Morgan fingerprint density at radius 3 is 2.11 bits per heavy atom. The number of hydrogen-bond acceptors (Lipinski definition) is 3. The molecule has 0 spiro atoms. The molecule has 146 valence electrons. The maximum atomic E-state index is 13.5. The van der Waals surface area contributed by atoms with E-state index in [1.54, 1.807) is 6.07 Å². The van der Waals surface area contributed by atoms with E-state index in [0.29, 0.717) is 5.56 Å². The van der Waals surface area contributed by atoms with E-state index in [1.807, 2.05) is 0 Å². The first-order chi connectivity index (χ1) is 12.4. The molecular weight excluding hydrogens is 376 g/mol. The molecule has 0 aliphatic heterocycles. The van der Waals surface area contributed by atoms with Gasteiger partial charge in [0.15, 0.2) is 0 Å². The summed E-state index contributed by atoms with van der Waals surface area (Å²) in [6.45, 7) is 1.48. The van der Waals surface area contributed by atoms with Gasteiger partial charge in [0.1, 0.15) is 5.82 Å². The van der Waals surface area contributed by atoms with Gasteiger partial charge in [-0.3, -0.25) is 4.79 Å². The molecule has 0 atom stereocenters. The van der Waals surface area contributed by atoms with Gasteiger partial charge in [-0.1, -0.05) is 30.3 Å². The molecule has 0 radical (unpaired) electrons. The van der Waals surface area contributed by atoms with Gasteiger partial charge in [-0.05, 0) is 30.2 Å². The predicted molar refractivity (Wildman–Crippen MR) is 85.7 cm³/mol. The second-order valence-corrected chi connectivity index (χ2v) is 5.80. The van der Waals surface area contributed by atoms with Gasteiger partial charge < -0.3 is 10.6 Å². The number of nitrogens with zero attached hydrogens (tertiary/aromatic N) is 1. The Balaban J connectivity index is 2.40. The van der Waals surface area contributed by atoms with E-state index in [2.05, 4.69) is 4.98 Å². The quantitative estimate of drug-likeness (QED) is 0.599. The molecule has 1 heterocycles. The van der Waals surface area contributed by atoms with Gasteiger partial charge in [-0.2, -0.15) is 26.3 Å². The van der Waals surface area contributed by atoms with Crippen molar-refractivity contribution in [1.29, 1.82) is 0 Å². The topological polar surface area (TPSA) is 54.0 Å². The molecule has 0 unspecified atom stereocenters. The Morgan fingerprint density at radius 2 is 1.59 bits per heavy atom. The van der Waals surface area contributed by atoms with Crippen LogP contribution in [0.1, 0.15) is 11.1 Å². The lowest BCUT2D eigenvalue weighted by atomic mass is 10.1. The van der Waals surface area contributed by atoms with Crippen molar-refractivity contribution in [2.75, 3.05) is 5.32 Å². The zero-order valence-corrected chi connectivity index (χ0v) is 13.9. The third kappa shape index (κ3) is 4.69. The molecule has 1 amide bonds. The van der Waals surface area contributed by atoms with Crippen LogP contribution in [0.5, 0.6) is 0 Å². The molecule has 27 heavy (non-hydrogen) atoms. The molecule has 2 rings (SSSR count). The zero-order valence-electron chi connectivity index (χ0n) is 13.9. The lowest BCUT2D eigenvalue weighted by Gasteiger charge is -2.38. The van der Waals surface area contributed by atoms with Gasteiger partial charge in [0.05, 0.1) is 6.42 Å². The second-order valence-electron chi connectivity index (χ2n) is 5.80. The SMILES string of the molecule is Cc1ccnc(NC(NC(=O)Cc2ccccc2)(C(F)(F)F)C(F)(F)F)c1. The molecule has 1 aromatic carbocycles. The van der Waals surface area contributed by atoms with E-state index in [-0.39, 0.29) is 5.56 Å². The monoisotopic (exact) mass is 391 g/mol. The average molecular weight is 391 g/mol. The molecule has 0 fully saturated rings. The first-order valence-electron chi connectivity index (χ1n) is 7.64. The fourth-order valence-electron chi connectivity index (χ4n) is 2.31. The maximum absolute atomic E-state index is 13.5. The summed E-state index contributed by atoms with van der Waals surface area (Å²) in [4.78, 5) is 15.5. The number of aromatic nitrogens is 1. The molecular formula is C17H15F6N3O. The third-order valence-electron chi connectivity index (χ3n) is 3.62. The number of hydrogen-bond donors (Lipinski definition) is 2. The Labute approximate surface area is 150 Å². The van der Waals surface area contributed by atoms with E-state index in [0.717, 1.165) is 17.6 Å². The Kier molecular flexibility index (Phi) is 5.67. The minimum atomic E-state index is -5.89. The normalized spacial score (nSPS) is 12.6. The molecule has 2 N–H and O–H groups in total. The summed E-state index contributed by atoms with van der Waals surface area (Å²) in [6, 6.07) is 9.87. The van der Waals surface area contributed by atoms with E-state index < -0.39 is 36.2 Å². The van der Waals surface area contributed by atoms with Crippen LogP contribution in [0.3, 0.4) is 0 Å². The molecule has 0 aliphatic carbocycles. The molecule has 0 saturated heterocycles. The standard InChI is InChI=1S/C17H15F6N3O/c1-11-7-8-24-13(9-11)25-15(16(18,19)20,17(21,22)23)26-14(27)10-12-5-3-2-4-6-12/h2-9H,10H2,1H3,(H,24,25)(H,26,27). The van der Waals surface area contributed by atoms with E-state index >= 15 is 0 Å². The maximum Gasteiger partial charge on any atom is 0.439 e. The van der Waals surface area contributed by atoms with Crippen LogP contribution < -0.4 is 10.6 Å². The summed E-state index contributed by atoms with van der Waals surface area (Å²) in [5, 5.41) is 2.42. The average Bonchev–Trinajstić information content (AvgIpc) is 2.53. The summed E-state index contributed by atoms with van der Waals surface area (Å²) >= 11 is 0. The van der Waals surface area contributed by atoms with Crippen molar-refractivity contribution in [2.24, 2.45) is 0 Å². The van der Waals surface area contributed by atoms with Gasteiger partial charge in [0.2, 0.25) is 5.91 Å². The second kappa shape index (κ2) is 7.45. The van der Waals surface area contributed by atoms with Crippen LogP contribution in [-0.4, -0.2) is 28.9 Å². The number of carbonyl (C=O) groups is 1. The molecule has 0 aliphatic rings. The number of aryl methyl sites for hydroxylation is 1. The van der Waals surface area contributed by atoms with Gasteiger partial charge in [0, 0.05) is 6.20 Å². The highest BCUT2D eigenvalue weighted by atomic mass is 19.4.